The van der Waals surface area contributed by atoms with Gasteiger partial charge in [0.1, 0.15) is 0 Å². The molecule has 1 heterocycles. The van der Waals surface area contributed by atoms with Gasteiger partial charge >= 0.3 is 5.97 Å². The highest BCUT2D eigenvalue weighted by molar-refractivity contribution is 5.91. The number of aryl methyl sites for hydroxylation is 1. The highest BCUT2D eigenvalue weighted by atomic mass is 16.5. The van der Waals surface area contributed by atoms with Gasteiger partial charge in [-0.05, 0) is 25.1 Å². The van der Waals surface area contributed by atoms with Crippen molar-refractivity contribution in [1.82, 2.24) is 9.78 Å². The molecular weight excluding hydrogens is 230 g/mol. The predicted octanol–water partition coefficient (Wildman–Crippen LogP) is 1.99. The molecular formula is C13H11N3O2. The van der Waals surface area contributed by atoms with Gasteiger partial charge in [0, 0.05) is 6.54 Å². The molecule has 0 N–H and O–H groups in total. The molecule has 5 heteroatoms. The van der Waals surface area contributed by atoms with Crippen molar-refractivity contribution in [2.24, 2.45) is 0 Å². The fourth-order valence-electron chi connectivity index (χ4n) is 1.45. The van der Waals surface area contributed by atoms with Gasteiger partial charge in [0.2, 0.25) is 0 Å². The molecule has 0 radical (unpaired) electrons. The molecule has 0 saturated heterocycles. The summed E-state index contributed by atoms with van der Waals surface area (Å²) < 4.78 is 6.81. The van der Waals surface area contributed by atoms with Crippen LogP contribution in [0.25, 0.3) is 0 Å². The lowest BCUT2D eigenvalue weighted by molar-refractivity contribution is 0.0734. The second-order valence-electron chi connectivity index (χ2n) is 3.61. The van der Waals surface area contributed by atoms with Crippen LogP contribution in [-0.4, -0.2) is 15.7 Å². The Hall–Kier alpha value is -2.61. The highest BCUT2D eigenvalue weighted by Crippen LogP contribution is 2.12. The molecule has 0 spiro atoms. The third-order valence-corrected chi connectivity index (χ3v) is 2.37. The molecule has 0 aliphatic rings. The van der Waals surface area contributed by atoms with Crippen molar-refractivity contribution in [1.29, 1.82) is 5.26 Å². The first-order chi connectivity index (χ1) is 8.72. The van der Waals surface area contributed by atoms with Crippen molar-refractivity contribution >= 4 is 5.97 Å². The third kappa shape index (κ3) is 2.55. The van der Waals surface area contributed by atoms with E-state index in [1.165, 1.54) is 12.3 Å². The van der Waals surface area contributed by atoms with E-state index in [0.29, 0.717) is 23.4 Å². The summed E-state index contributed by atoms with van der Waals surface area (Å²) in [6.07, 6.45) is 3.13. The van der Waals surface area contributed by atoms with Crippen LogP contribution in [-0.2, 0) is 6.54 Å². The maximum absolute atomic E-state index is 11.8. The first-order valence-electron chi connectivity index (χ1n) is 5.47. The van der Waals surface area contributed by atoms with E-state index in [2.05, 4.69) is 5.10 Å². The number of ether oxygens (including phenoxy) is 1. The van der Waals surface area contributed by atoms with Gasteiger partial charge in [-0.15, -0.1) is 0 Å². The Morgan fingerprint density at radius 1 is 1.56 bits per heavy atom. The molecule has 2 aromatic rings. The third-order valence-electron chi connectivity index (χ3n) is 2.37. The van der Waals surface area contributed by atoms with Crippen LogP contribution < -0.4 is 4.74 Å². The molecule has 1 aromatic heterocycles. The average Bonchev–Trinajstić information content (AvgIpc) is 2.86. The Bertz CT molecular complexity index is 611. The number of carbonyl (C=O) groups is 1. The van der Waals surface area contributed by atoms with E-state index in [1.54, 1.807) is 29.1 Å². The fraction of sp³-hybridized carbons (Fsp3) is 0.154. The summed E-state index contributed by atoms with van der Waals surface area (Å²) in [7, 11) is 0. The van der Waals surface area contributed by atoms with Crippen molar-refractivity contribution in [2.45, 2.75) is 13.5 Å². The number of rotatable bonds is 3. The number of nitrogens with zero attached hydrogens (tertiary/aromatic N) is 3. The van der Waals surface area contributed by atoms with Crippen LogP contribution in [0.2, 0.25) is 0 Å². The van der Waals surface area contributed by atoms with Gasteiger partial charge in [-0.1, -0.05) is 6.07 Å². The highest BCUT2D eigenvalue weighted by Gasteiger charge is 2.10. The van der Waals surface area contributed by atoms with Gasteiger partial charge < -0.3 is 4.74 Å². The number of carbonyl (C=O) groups excluding carboxylic acids is 1. The van der Waals surface area contributed by atoms with Crippen LogP contribution in [0.1, 0.15) is 22.8 Å². The zero-order valence-electron chi connectivity index (χ0n) is 9.83. The Morgan fingerprint density at radius 3 is 3.06 bits per heavy atom. The minimum Gasteiger partial charge on any atom is -0.420 e. The lowest BCUT2D eigenvalue weighted by atomic mass is 10.1. The summed E-state index contributed by atoms with van der Waals surface area (Å²) in [5.41, 5.74) is 0.770. The van der Waals surface area contributed by atoms with E-state index < -0.39 is 5.97 Å². The molecule has 0 saturated carbocycles. The van der Waals surface area contributed by atoms with Crippen LogP contribution in [0.15, 0.2) is 36.7 Å². The number of esters is 1. The number of aromatic nitrogens is 2. The summed E-state index contributed by atoms with van der Waals surface area (Å²) in [5, 5.41) is 12.8. The molecule has 0 unspecified atom stereocenters. The molecule has 0 amide bonds. The molecule has 0 bridgehead atoms. The average molecular weight is 241 g/mol. The molecule has 0 fully saturated rings. The maximum atomic E-state index is 11.8. The van der Waals surface area contributed by atoms with Crippen molar-refractivity contribution in [3.05, 3.63) is 47.8 Å². The Kier molecular flexibility index (Phi) is 3.39. The van der Waals surface area contributed by atoms with Crippen molar-refractivity contribution < 1.29 is 9.53 Å². The molecule has 2 rings (SSSR count). The first kappa shape index (κ1) is 11.9. The molecule has 90 valence electrons. The maximum Gasteiger partial charge on any atom is 0.343 e. The number of benzene rings is 1. The van der Waals surface area contributed by atoms with Crippen LogP contribution in [0.3, 0.4) is 0 Å². The van der Waals surface area contributed by atoms with E-state index in [-0.39, 0.29) is 0 Å². The molecule has 5 nitrogen and oxygen atoms in total. The predicted molar refractivity (Wildman–Crippen MR) is 64.0 cm³/mol. The molecule has 1 aromatic carbocycles. The zero-order valence-corrected chi connectivity index (χ0v) is 9.83. The van der Waals surface area contributed by atoms with E-state index in [1.807, 2.05) is 13.0 Å². The van der Waals surface area contributed by atoms with Crippen LogP contribution in [0, 0.1) is 11.3 Å². The first-order valence-corrected chi connectivity index (χ1v) is 5.47. The Balaban J connectivity index is 2.14. The fourth-order valence-corrected chi connectivity index (χ4v) is 1.45. The van der Waals surface area contributed by atoms with E-state index in [0.717, 1.165) is 0 Å². The summed E-state index contributed by atoms with van der Waals surface area (Å²) in [5.74, 6) is -0.105. The topological polar surface area (TPSA) is 67.9 Å². The van der Waals surface area contributed by atoms with Gasteiger partial charge in [-0.2, -0.15) is 10.4 Å². The van der Waals surface area contributed by atoms with Crippen molar-refractivity contribution in [2.75, 3.05) is 0 Å². The van der Waals surface area contributed by atoms with Crippen LogP contribution >= 0.6 is 0 Å². The van der Waals surface area contributed by atoms with E-state index >= 15 is 0 Å². The number of hydrogen-bond donors (Lipinski definition) is 0. The second kappa shape index (κ2) is 5.15. The van der Waals surface area contributed by atoms with Gasteiger partial charge in [-0.3, -0.25) is 4.68 Å². The molecule has 0 aliphatic heterocycles. The minimum atomic E-state index is -0.497. The summed E-state index contributed by atoms with van der Waals surface area (Å²) in [4.78, 5) is 11.8. The van der Waals surface area contributed by atoms with E-state index in [4.69, 9.17) is 10.00 Å². The molecule has 0 atom stereocenters. The standard InChI is InChI=1S/C13H11N3O2/c1-2-16-9-12(8-15-16)18-13(17)11-5-3-4-10(6-11)7-14/h3-6,8-9H,2H2,1H3. The monoisotopic (exact) mass is 241 g/mol. The normalized spacial score (nSPS) is 9.78. The van der Waals surface area contributed by atoms with Gasteiger partial charge in [0.05, 0.1) is 29.6 Å². The van der Waals surface area contributed by atoms with Gasteiger partial charge in [0.25, 0.3) is 0 Å². The largest absolute Gasteiger partial charge is 0.420 e. The number of nitriles is 1. The minimum absolute atomic E-state index is 0.346. The Labute approximate surface area is 104 Å². The lowest BCUT2D eigenvalue weighted by Gasteiger charge is -2.01. The van der Waals surface area contributed by atoms with E-state index in [9.17, 15) is 4.79 Å². The van der Waals surface area contributed by atoms with Crippen LogP contribution in [0.5, 0.6) is 5.75 Å². The Morgan fingerprint density at radius 2 is 2.39 bits per heavy atom. The van der Waals surface area contributed by atoms with Crippen molar-refractivity contribution in [3.63, 3.8) is 0 Å². The number of hydrogen-bond acceptors (Lipinski definition) is 4. The zero-order chi connectivity index (χ0) is 13.0. The quantitative estimate of drug-likeness (QED) is 0.771. The molecule has 0 aliphatic carbocycles. The summed E-state index contributed by atoms with van der Waals surface area (Å²) in [6.45, 7) is 2.65. The summed E-state index contributed by atoms with van der Waals surface area (Å²) in [6, 6.07) is 8.35. The van der Waals surface area contributed by atoms with Gasteiger partial charge in [0.15, 0.2) is 5.75 Å². The lowest BCUT2D eigenvalue weighted by Crippen LogP contribution is -2.08. The van der Waals surface area contributed by atoms with Gasteiger partial charge in [-0.25, -0.2) is 4.79 Å². The summed E-state index contributed by atoms with van der Waals surface area (Å²) >= 11 is 0. The van der Waals surface area contributed by atoms with Crippen LogP contribution in [0.4, 0.5) is 0 Å². The SMILES string of the molecule is CCn1cc(OC(=O)c2cccc(C#N)c2)cn1. The second-order valence-corrected chi connectivity index (χ2v) is 3.61. The molecule has 18 heavy (non-hydrogen) atoms. The van der Waals surface area contributed by atoms with Crippen molar-refractivity contribution in [3.8, 4) is 11.8 Å². The smallest absolute Gasteiger partial charge is 0.343 e.